The van der Waals surface area contributed by atoms with Crippen molar-refractivity contribution in [2.24, 2.45) is 5.92 Å². The van der Waals surface area contributed by atoms with Crippen LogP contribution in [0.1, 0.15) is 43.8 Å². The molecular formula is C13H24N4OS. The molecule has 0 aliphatic heterocycles. The summed E-state index contributed by atoms with van der Waals surface area (Å²) in [6.07, 6.45) is 0.916. The second-order valence-corrected chi connectivity index (χ2v) is 6.18. The number of rotatable bonds is 6. The first-order chi connectivity index (χ1) is 8.86. The molecule has 1 unspecified atom stereocenters. The van der Waals surface area contributed by atoms with Crippen LogP contribution in [-0.4, -0.2) is 35.4 Å². The summed E-state index contributed by atoms with van der Waals surface area (Å²) >= 11 is 1.33. The third-order valence-electron chi connectivity index (χ3n) is 3.08. The van der Waals surface area contributed by atoms with Crippen LogP contribution in [0.5, 0.6) is 0 Å². The molecule has 0 aromatic carbocycles. The topological polar surface area (TPSA) is 71.2 Å². The predicted octanol–water partition coefficient (Wildman–Crippen LogP) is 2.66. The van der Waals surface area contributed by atoms with E-state index in [0.717, 1.165) is 13.0 Å². The van der Waals surface area contributed by atoms with Crippen LogP contribution in [0.4, 0.5) is 10.9 Å². The molecule has 5 nitrogen and oxygen atoms in total. The monoisotopic (exact) mass is 284 g/mol. The molecule has 0 spiro atoms. The van der Waals surface area contributed by atoms with Gasteiger partial charge in [-0.15, -0.1) is 0 Å². The van der Waals surface area contributed by atoms with E-state index in [4.69, 9.17) is 5.73 Å². The van der Waals surface area contributed by atoms with E-state index in [1.807, 2.05) is 6.92 Å². The van der Waals surface area contributed by atoms with Gasteiger partial charge in [0.05, 0.1) is 0 Å². The summed E-state index contributed by atoms with van der Waals surface area (Å²) in [5.74, 6) is 0.783. The summed E-state index contributed by atoms with van der Waals surface area (Å²) in [7, 11) is 1.80. The van der Waals surface area contributed by atoms with E-state index in [-0.39, 0.29) is 11.9 Å². The summed E-state index contributed by atoms with van der Waals surface area (Å²) in [5, 5.41) is 3.91. The van der Waals surface area contributed by atoms with Crippen LogP contribution in [0.2, 0.25) is 0 Å². The van der Waals surface area contributed by atoms with Crippen molar-refractivity contribution in [3.05, 3.63) is 4.88 Å². The number of amides is 1. The molecule has 1 amide bonds. The molecule has 1 aromatic rings. The summed E-state index contributed by atoms with van der Waals surface area (Å²) in [5.41, 5.74) is 5.84. The number of nitrogens with zero attached hydrogens (tertiary/aromatic N) is 2. The highest BCUT2D eigenvalue weighted by Crippen LogP contribution is 2.26. The number of hydrogen-bond acceptors (Lipinski definition) is 5. The lowest BCUT2D eigenvalue weighted by Gasteiger charge is -2.23. The number of carbonyl (C=O) groups excluding carboxylic acids is 1. The summed E-state index contributed by atoms with van der Waals surface area (Å²) in [6.45, 7) is 9.13. The van der Waals surface area contributed by atoms with Crippen LogP contribution >= 0.6 is 11.3 Å². The zero-order valence-electron chi connectivity index (χ0n) is 12.4. The van der Waals surface area contributed by atoms with Crippen LogP contribution < -0.4 is 11.1 Å². The summed E-state index contributed by atoms with van der Waals surface area (Å²) < 4.78 is 0. The number of aromatic nitrogens is 1. The van der Waals surface area contributed by atoms with Crippen molar-refractivity contribution in [1.29, 1.82) is 0 Å². The maximum Gasteiger partial charge on any atom is 0.267 e. The van der Waals surface area contributed by atoms with Crippen molar-refractivity contribution in [1.82, 2.24) is 9.88 Å². The number of nitrogens with two attached hydrogens (primary N) is 1. The largest absolute Gasteiger partial charge is 0.382 e. The second kappa shape index (κ2) is 6.75. The Balaban J connectivity index is 2.80. The lowest BCUT2D eigenvalue weighted by Crippen LogP contribution is -2.34. The smallest absolute Gasteiger partial charge is 0.267 e. The lowest BCUT2D eigenvalue weighted by molar-refractivity contribution is 0.0746. The van der Waals surface area contributed by atoms with Gasteiger partial charge in [-0.1, -0.05) is 32.1 Å². The fourth-order valence-corrected chi connectivity index (χ4v) is 2.36. The zero-order chi connectivity index (χ0) is 14.6. The second-order valence-electron chi connectivity index (χ2n) is 5.18. The molecule has 1 atom stereocenters. The van der Waals surface area contributed by atoms with Gasteiger partial charge < -0.3 is 16.0 Å². The van der Waals surface area contributed by atoms with E-state index in [2.05, 4.69) is 31.1 Å². The Kier molecular flexibility index (Phi) is 5.60. The van der Waals surface area contributed by atoms with Crippen molar-refractivity contribution in [3.8, 4) is 0 Å². The van der Waals surface area contributed by atoms with Crippen LogP contribution in [0.25, 0.3) is 0 Å². The first kappa shape index (κ1) is 15.8. The third-order valence-corrected chi connectivity index (χ3v) is 4.10. The number of hydrogen-bond donors (Lipinski definition) is 2. The van der Waals surface area contributed by atoms with Gasteiger partial charge in [0, 0.05) is 19.6 Å². The lowest BCUT2D eigenvalue weighted by atomic mass is 10.2. The average molecular weight is 284 g/mol. The molecule has 0 radical (unpaired) electrons. The molecule has 0 fully saturated rings. The molecule has 0 saturated heterocycles. The fourth-order valence-electron chi connectivity index (χ4n) is 1.49. The molecule has 1 heterocycles. The highest BCUT2D eigenvalue weighted by atomic mass is 32.1. The van der Waals surface area contributed by atoms with Crippen molar-refractivity contribution in [2.75, 3.05) is 24.6 Å². The van der Waals surface area contributed by atoms with Gasteiger partial charge in [-0.25, -0.2) is 4.98 Å². The minimum Gasteiger partial charge on any atom is -0.382 e. The highest BCUT2D eigenvalue weighted by molar-refractivity contribution is 7.18. The Morgan fingerprint density at radius 3 is 2.63 bits per heavy atom. The Bertz CT molecular complexity index is 430. The molecule has 0 saturated carbocycles. The zero-order valence-corrected chi connectivity index (χ0v) is 13.2. The SMILES string of the molecule is CCC(C)N(C)C(=O)c1sc(NCC(C)C)nc1N. The van der Waals surface area contributed by atoms with Crippen molar-refractivity contribution >= 4 is 28.2 Å². The van der Waals surface area contributed by atoms with Crippen molar-refractivity contribution < 1.29 is 4.79 Å². The first-order valence-electron chi connectivity index (χ1n) is 6.64. The predicted molar refractivity (Wildman–Crippen MR) is 81.7 cm³/mol. The number of nitrogens with one attached hydrogen (secondary N) is 1. The van der Waals surface area contributed by atoms with E-state index < -0.39 is 0 Å². The maximum absolute atomic E-state index is 12.3. The molecule has 19 heavy (non-hydrogen) atoms. The average Bonchev–Trinajstić information content (AvgIpc) is 2.74. The van der Waals surface area contributed by atoms with Gasteiger partial charge in [-0.2, -0.15) is 0 Å². The Labute approximate surface area is 119 Å². The molecule has 0 aliphatic carbocycles. The first-order valence-corrected chi connectivity index (χ1v) is 7.45. The normalized spacial score (nSPS) is 12.5. The Hall–Kier alpha value is -1.30. The summed E-state index contributed by atoms with van der Waals surface area (Å²) in [6, 6.07) is 0.195. The van der Waals surface area contributed by atoms with Gasteiger partial charge in [-0.3, -0.25) is 4.79 Å². The Morgan fingerprint density at radius 1 is 1.47 bits per heavy atom. The highest BCUT2D eigenvalue weighted by Gasteiger charge is 2.22. The van der Waals surface area contributed by atoms with E-state index in [1.54, 1.807) is 11.9 Å². The number of nitrogen functional groups attached to an aromatic ring is 1. The van der Waals surface area contributed by atoms with Gasteiger partial charge >= 0.3 is 0 Å². The van der Waals surface area contributed by atoms with Gasteiger partial charge in [0.15, 0.2) is 5.13 Å². The minimum atomic E-state index is -0.0538. The van der Waals surface area contributed by atoms with Gasteiger partial charge in [-0.05, 0) is 19.3 Å². The minimum absolute atomic E-state index is 0.0538. The fraction of sp³-hybridized carbons (Fsp3) is 0.692. The molecule has 6 heteroatoms. The maximum atomic E-state index is 12.3. The number of thiazole rings is 1. The van der Waals surface area contributed by atoms with Crippen LogP contribution in [0, 0.1) is 5.92 Å². The molecular weight excluding hydrogens is 260 g/mol. The standard InChI is InChI=1S/C13H24N4OS/c1-6-9(4)17(5)12(18)10-11(14)16-13(19-10)15-7-8(2)3/h8-9H,6-7,14H2,1-5H3,(H,15,16). The van der Waals surface area contributed by atoms with Crippen molar-refractivity contribution in [3.63, 3.8) is 0 Å². The van der Waals surface area contributed by atoms with Crippen LogP contribution in [-0.2, 0) is 0 Å². The molecule has 108 valence electrons. The molecule has 3 N–H and O–H groups in total. The molecule has 1 rings (SSSR count). The molecule has 0 bridgehead atoms. The molecule has 0 aliphatic rings. The van der Waals surface area contributed by atoms with E-state index in [9.17, 15) is 4.79 Å². The number of carbonyl (C=O) groups is 1. The number of anilines is 2. The van der Waals surface area contributed by atoms with E-state index >= 15 is 0 Å². The molecule has 1 aromatic heterocycles. The Morgan fingerprint density at radius 2 is 2.11 bits per heavy atom. The summed E-state index contributed by atoms with van der Waals surface area (Å²) in [4.78, 5) is 18.8. The van der Waals surface area contributed by atoms with E-state index in [1.165, 1.54) is 11.3 Å². The van der Waals surface area contributed by atoms with Crippen molar-refractivity contribution in [2.45, 2.75) is 40.2 Å². The van der Waals surface area contributed by atoms with Gasteiger partial charge in [0.1, 0.15) is 10.7 Å². The van der Waals surface area contributed by atoms with Crippen LogP contribution in [0.15, 0.2) is 0 Å². The van der Waals surface area contributed by atoms with Gasteiger partial charge in [0.2, 0.25) is 0 Å². The van der Waals surface area contributed by atoms with E-state index in [0.29, 0.717) is 21.7 Å². The quantitative estimate of drug-likeness (QED) is 0.842. The van der Waals surface area contributed by atoms with Gasteiger partial charge in [0.25, 0.3) is 5.91 Å². The third kappa shape index (κ3) is 4.09. The van der Waals surface area contributed by atoms with Crippen LogP contribution in [0.3, 0.4) is 0 Å².